The molecular weight excluding hydrogens is 136 g/mol. The van der Waals surface area contributed by atoms with Gasteiger partial charge in [-0.15, -0.1) is 0 Å². The zero-order valence-electron chi connectivity index (χ0n) is 6.72. The van der Waals surface area contributed by atoms with E-state index >= 15 is 0 Å². The smallest absolute Gasteiger partial charge is 0.0434 e. The zero-order chi connectivity index (χ0) is 8.10. The molecule has 0 atom stereocenters. The van der Waals surface area contributed by atoms with Crippen molar-refractivity contribution in [3.8, 4) is 0 Å². The van der Waals surface area contributed by atoms with E-state index in [-0.39, 0.29) is 6.61 Å². The Bertz CT molecular complexity index is 218. The van der Waals surface area contributed by atoms with E-state index in [1.807, 2.05) is 12.1 Å². The van der Waals surface area contributed by atoms with Gasteiger partial charge in [0.15, 0.2) is 0 Å². The Morgan fingerprint density at radius 3 is 3.00 bits per heavy atom. The number of aliphatic hydroxyl groups is 1. The molecule has 0 heterocycles. The fourth-order valence-corrected chi connectivity index (χ4v) is 1.01. The molecular formula is C10H12O. The number of hydrogen-bond acceptors (Lipinski definition) is 1. The third-order valence-electron chi connectivity index (χ3n) is 1.70. The lowest BCUT2D eigenvalue weighted by molar-refractivity contribution is 0.288. The topological polar surface area (TPSA) is 20.2 Å². The first kappa shape index (κ1) is 8.10. The van der Waals surface area contributed by atoms with Crippen LogP contribution in [0.15, 0.2) is 12.1 Å². The minimum atomic E-state index is 0.252. The van der Waals surface area contributed by atoms with Crippen LogP contribution in [-0.4, -0.2) is 11.7 Å². The minimum absolute atomic E-state index is 0.252. The van der Waals surface area contributed by atoms with Crippen molar-refractivity contribution in [2.24, 2.45) is 0 Å². The monoisotopic (exact) mass is 148 g/mol. The number of hydrogen-bond donors (Lipinski definition) is 1. The lowest BCUT2D eigenvalue weighted by atomic mass is 10.1. The Morgan fingerprint density at radius 1 is 1.55 bits per heavy atom. The van der Waals surface area contributed by atoms with Crippen molar-refractivity contribution in [1.82, 2.24) is 0 Å². The maximum Gasteiger partial charge on any atom is 0.0434 e. The molecule has 1 aromatic rings. The first-order chi connectivity index (χ1) is 5.34. The fraction of sp³-hybridized carbons (Fsp3) is 0.400. The Hall–Kier alpha value is -1.00. The van der Waals surface area contributed by atoms with Crippen molar-refractivity contribution in [2.45, 2.75) is 19.8 Å². The van der Waals surface area contributed by atoms with Gasteiger partial charge >= 0.3 is 0 Å². The molecule has 1 rings (SSSR count). The van der Waals surface area contributed by atoms with Crippen LogP contribution in [0.4, 0.5) is 0 Å². The van der Waals surface area contributed by atoms with Crippen LogP contribution in [0.5, 0.6) is 0 Å². The summed E-state index contributed by atoms with van der Waals surface area (Å²) in [6.07, 6.45) is 1.72. The summed E-state index contributed by atoms with van der Waals surface area (Å²) in [7, 11) is 0. The second-order valence-corrected chi connectivity index (χ2v) is 2.59. The van der Waals surface area contributed by atoms with E-state index in [2.05, 4.69) is 19.1 Å². The van der Waals surface area contributed by atoms with Crippen molar-refractivity contribution < 1.29 is 5.11 Å². The number of aliphatic hydroxyl groups excluding tert-OH is 1. The molecule has 0 aromatic heterocycles. The third kappa shape index (κ3) is 2.25. The maximum absolute atomic E-state index is 8.59. The van der Waals surface area contributed by atoms with Crippen LogP contribution in [0.2, 0.25) is 0 Å². The molecule has 0 aliphatic heterocycles. The molecule has 0 aliphatic rings. The van der Waals surface area contributed by atoms with E-state index < -0.39 is 0 Å². The first-order valence-electron chi connectivity index (χ1n) is 3.83. The quantitative estimate of drug-likeness (QED) is 0.689. The van der Waals surface area contributed by atoms with Crippen molar-refractivity contribution in [1.29, 1.82) is 0 Å². The van der Waals surface area contributed by atoms with E-state index in [4.69, 9.17) is 5.11 Å². The van der Waals surface area contributed by atoms with Gasteiger partial charge in [0.1, 0.15) is 0 Å². The van der Waals surface area contributed by atoms with Crippen LogP contribution < -0.4 is 0 Å². The summed E-state index contributed by atoms with van der Waals surface area (Å²) in [5, 5.41) is 8.59. The van der Waals surface area contributed by atoms with Gasteiger partial charge in [-0.3, -0.25) is 0 Å². The summed E-state index contributed by atoms with van der Waals surface area (Å²) in [6.45, 7) is 2.30. The van der Waals surface area contributed by atoms with Gasteiger partial charge in [0, 0.05) is 12.2 Å². The average Bonchev–Trinajstić information content (AvgIpc) is 2.03. The molecule has 0 fully saturated rings. The average molecular weight is 148 g/mol. The lowest BCUT2D eigenvalue weighted by Gasteiger charge is -1.98. The normalized spacial score (nSPS) is 9.27. The molecule has 0 spiro atoms. The maximum atomic E-state index is 8.59. The Labute approximate surface area is 67.7 Å². The van der Waals surface area contributed by atoms with Crippen LogP contribution >= 0.6 is 0 Å². The van der Waals surface area contributed by atoms with Gasteiger partial charge < -0.3 is 5.11 Å². The van der Waals surface area contributed by atoms with Crippen LogP contribution in [0, 0.1) is 19.1 Å². The van der Waals surface area contributed by atoms with Crippen molar-refractivity contribution >= 4 is 0 Å². The lowest BCUT2D eigenvalue weighted by Crippen LogP contribution is -1.90. The Kier molecular flexibility index (Phi) is 2.95. The molecule has 0 radical (unpaired) electrons. The van der Waals surface area contributed by atoms with Crippen LogP contribution in [0.25, 0.3) is 0 Å². The van der Waals surface area contributed by atoms with E-state index in [0.717, 1.165) is 12.8 Å². The van der Waals surface area contributed by atoms with Gasteiger partial charge in [-0.25, -0.2) is 0 Å². The van der Waals surface area contributed by atoms with E-state index in [1.165, 1.54) is 11.1 Å². The Morgan fingerprint density at radius 2 is 2.36 bits per heavy atom. The van der Waals surface area contributed by atoms with Gasteiger partial charge in [0.05, 0.1) is 0 Å². The van der Waals surface area contributed by atoms with E-state index in [1.54, 1.807) is 0 Å². The van der Waals surface area contributed by atoms with Gasteiger partial charge in [-0.05, 0) is 31.4 Å². The minimum Gasteiger partial charge on any atom is -0.396 e. The number of rotatable bonds is 3. The molecule has 0 amide bonds. The molecule has 0 aliphatic carbocycles. The predicted octanol–water partition coefficient (Wildman–Crippen LogP) is 1.52. The molecule has 0 saturated carbocycles. The molecule has 0 unspecified atom stereocenters. The highest BCUT2D eigenvalue weighted by Crippen LogP contribution is 2.05. The highest BCUT2D eigenvalue weighted by atomic mass is 16.2. The summed E-state index contributed by atoms with van der Waals surface area (Å²) in [5.74, 6) is 0. The van der Waals surface area contributed by atoms with E-state index in [9.17, 15) is 0 Å². The fourth-order valence-electron chi connectivity index (χ4n) is 1.01. The summed E-state index contributed by atoms with van der Waals surface area (Å²) in [4.78, 5) is 0. The van der Waals surface area contributed by atoms with Crippen molar-refractivity contribution in [2.75, 3.05) is 6.61 Å². The van der Waals surface area contributed by atoms with Gasteiger partial charge in [0.25, 0.3) is 0 Å². The molecule has 1 heteroatoms. The summed E-state index contributed by atoms with van der Waals surface area (Å²) in [6, 6.07) is 9.82. The first-order valence-corrected chi connectivity index (χ1v) is 3.83. The standard InChI is InChI=1S/C10H12O/c1-9-5-2-3-6-10(9)7-4-8-11/h2,5,11H,4,7-8H2,1H3. The molecule has 1 nitrogen and oxygen atoms in total. The highest BCUT2D eigenvalue weighted by molar-refractivity contribution is 5.20. The molecule has 1 aromatic carbocycles. The van der Waals surface area contributed by atoms with Gasteiger partial charge in [0.2, 0.25) is 0 Å². The van der Waals surface area contributed by atoms with Gasteiger partial charge in [-0.1, -0.05) is 18.2 Å². The van der Waals surface area contributed by atoms with Crippen molar-refractivity contribution in [3.63, 3.8) is 0 Å². The van der Waals surface area contributed by atoms with Crippen LogP contribution in [0.1, 0.15) is 17.5 Å². The molecule has 0 saturated heterocycles. The predicted molar refractivity (Wildman–Crippen MR) is 44.3 cm³/mol. The largest absolute Gasteiger partial charge is 0.396 e. The second-order valence-electron chi connectivity index (χ2n) is 2.59. The summed E-state index contributed by atoms with van der Waals surface area (Å²) >= 11 is 0. The molecule has 1 N–H and O–H groups in total. The van der Waals surface area contributed by atoms with Crippen LogP contribution in [-0.2, 0) is 6.42 Å². The molecule has 0 bridgehead atoms. The highest BCUT2D eigenvalue weighted by Gasteiger charge is 1.94. The second kappa shape index (κ2) is 4.00. The Balaban J connectivity index is 2.62. The summed E-state index contributed by atoms with van der Waals surface area (Å²) in [5.41, 5.74) is 2.40. The molecule has 58 valence electrons. The van der Waals surface area contributed by atoms with Crippen molar-refractivity contribution in [3.05, 3.63) is 35.4 Å². The zero-order valence-corrected chi connectivity index (χ0v) is 6.72. The van der Waals surface area contributed by atoms with Crippen LogP contribution in [0.3, 0.4) is 0 Å². The summed E-state index contributed by atoms with van der Waals surface area (Å²) < 4.78 is 0. The third-order valence-corrected chi connectivity index (χ3v) is 1.70. The van der Waals surface area contributed by atoms with Gasteiger partial charge in [-0.2, -0.15) is 0 Å². The SMILES string of the molecule is Cc1ccc#cc1CCCO. The van der Waals surface area contributed by atoms with E-state index in [0.29, 0.717) is 0 Å². The molecule has 11 heavy (non-hydrogen) atoms. The number of aryl methyl sites for hydroxylation is 1.